The van der Waals surface area contributed by atoms with Crippen molar-refractivity contribution in [2.24, 2.45) is 0 Å². The first kappa shape index (κ1) is 21.5. The topological polar surface area (TPSA) is 75.7 Å². The zero-order valence-corrected chi connectivity index (χ0v) is 18.0. The molecule has 1 fully saturated rings. The summed E-state index contributed by atoms with van der Waals surface area (Å²) in [7, 11) is -3.66. The molecule has 1 aliphatic heterocycles. The van der Waals surface area contributed by atoms with Crippen LogP contribution in [0.2, 0.25) is 0 Å². The number of rotatable bonds is 6. The van der Waals surface area contributed by atoms with E-state index in [0.717, 1.165) is 12.0 Å². The number of hydrogen-bond acceptors (Lipinski definition) is 4. The van der Waals surface area contributed by atoms with Crippen LogP contribution in [-0.2, 0) is 21.2 Å². The molecule has 6 nitrogen and oxygen atoms in total. The maximum Gasteiger partial charge on any atom is 0.251 e. The van der Waals surface area contributed by atoms with Gasteiger partial charge in [0.1, 0.15) is 0 Å². The lowest BCUT2D eigenvalue weighted by Crippen LogP contribution is -2.41. The summed E-state index contributed by atoms with van der Waals surface area (Å²) in [6.07, 6.45) is 0.963. The van der Waals surface area contributed by atoms with Crippen molar-refractivity contribution in [3.8, 4) is 0 Å². The number of aryl methyl sites for hydroxylation is 2. The summed E-state index contributed by atoms with van der Waals surface area (Å²) in [6.45, 7) is 7.16. The molecule has 0 unspecified atom stereocenters. The molecule has 0 spiro atoms. The number of hydrogen-bond donors (Lipinski definition) is 1. The number of sulfonamides is 1. The van der Waals surface area contributed by atoms with E-state index >= 15 is 0 Å². The fourth-order valence-corrected chi connectivity index (χ4v) is 5.01. The van der Waals surface area contributed by atoms with E-state index in [9.17, 15) is 13.2 Å². The average molecular weight is 417 g/mol. The molecular formula is C22H28N2O4S. The maximum atomic E-state index is 13.0. The average Bonchev–Trinajstić information content (AvgIpc) is 2.74. The van der Waals surface area contributed by atoms with Crippen LogP contribution in [0, 0.1) is 6.92 Å². The minimum atomic E-state index is -3.66. The second-order valence-corrected chi connectivity index (χ2v) is 9.19. The Labute approximate surface area is 172 Å². The first-order valence-electron chi connectivity index (χ1n) is 9.91. The van der Waals surface area contributed by atoms with Gasteiger partial charge in [-0.15, -0.1) is 0 Å². The number of nitrogens with zero attached hydrogens (tertiary/aromatic N) is 1. The molecule has 0 radical (unpaired) electrons. The highest BCUT2D eigenvalue weighted by Crippen LogP contribution is 2.23. The van der Waals surface area contributed by atoms with E-state index in [4.69, 9.17) is 4.74 Å². The Kier molecular flexibility index (Phi) is 6.72. The molecule has 0 aliphatic carbocycles. The summed E-state index contributed by atoms with van der Waals surface area (Å²) in [6, 6.07) is 12.8. The number of carbonyl (C=O) groups excluding carboxylic acids is 1. The van der Waals surface area contributed by atoms with Gasteiger partial charge in [0, 0.05) is 18.7 Å². The van der Waals surface area contributed by atoms with Crippen molar-refractivity contribution < 1.29 is 17.9 Å². The molecule has 7 heteroatoms. The predicted octanol–water partition coefficient (Wildman–Crippen LogP) is 3.07. The van der Waals surface area contributed by atoms with E-state index in [1.165, 1.54) is 15.9 Å². The molecule has 1 N–H and O–H groups in total. The summed E-state index contributed by atoms with van der Waals surface area (Å²) < 4.78 is 32.7. The van der Waals surface area contributed by atoms with Crippen molar-refractivity contribution in [2.45, 2.75) is 38.1 Å². The maximum absolute atomic E-state index is 13.0. The third kappa shape index (κ3) is 4.86. The van der Waals surface area contributed by atoms with Crippen molar-refractivity contribution in [2.75, 3.05) is 26.3 Å². The number of benzene rings is 2. The zero-order valence-electron chi connectivity index (χ0n) is 17.1. The van der Waals surface area contributed by atoms with Gasteiger partial charge in [-0.25, -0.2) is 8.42 Å². The number of nitrogens with one attached hydrogen (secondary N) is 1. The summed E-state index contributed by atoms with van der Waals surface area (Å²) in [4.78, 5) is 13.0. The van der Waals surface area contributed by atoms with Crippen LogP contribution in [-0.4, -0.2) is 44.9 Å². The van der Waals surface area contributed by atoms with E-state index < -0.39 is 10.0 Å². The lowest BCUT2D eigenvalue weighted by Gasteiger charge is -2.27. The monoisotopic (exact) mass is 416 g/mol. The van der Waals surface area contributed by atoms with E-state index in [1.807, 2.05) is 19.1 Å². The highest BCUT2D eigenvalue weighted by molar-refractivity contribution is 7.89. The zero-order chi connectivity index (χ0) is 21.0. The van der Waals surface area contributed by atoms with Gasteiger partial charge in [0.15, 0.2) is 0 Å². The van der Waals surface area contributed by atoms with Crippen LogP contribution in [0.3, 0.4) is 0 Å². The Bertz CT molecular complexity index is 965. The van der Waals surface area contributed by atoms with Crippen LogP contribution in [0.5, 0.6) is 0 Å². The number of amides is 1. The second kappa shape index (κ2) is 9.07. The molecule has 156 valence electrons. The van der Waals surface area contributed by atoms with Crippen LogP contribution in [0.1, 0.15) is 46.9 Å². The first-order valence-corrected chi connectivity index (χ1v) is 11.3. The molecular weight excluding hydrogens is 388 g/mol. The first-order chi connectivity index (χ1) is 13.8. The van der Waals surface area contributed by atoms with Gasteiger partial charge in [-0.1, -0.05) is 37.3 Å². The third-order valence-electron chi connectivity index (χ3n) is 5.27. The summed E-state index contributed by atoms with van der Waals surface area (Å²) in [5.41, 5.74) is 3.20. The number of morpholine rings is 1. The second-order valence-electron chi connectivity index (χ2n) is 7.29. The van der Waals surface area contributed by atoms with Crippen LogP contribution >= 0.6 is 0 Å². The lowest BCUT2D eigenvalue weighted by molar-refractivity contribution is 0.0730. The summed E-state index contributed by atoms with van der Waals surface area (Å²) in [5, 5.41) is 2.96. The Balaban J connectivity index is 1.79. The van der Waals surface area contributed by atoms with E-state index in [1.54, 1.807) is 19.1 Å². The minimum absolute atomic E-state index is 0.173. The lowest BCUT2D eigenvalue weighted by atomic mass is 10.0. The third-order valence-corrected chi connectivity index (χ3v) is 7.31. The van der Waals surface area contributed by atoms with Crippen molar-refractivity contribution in [1.29, 1.82) is 0 Å². The summed E-state index contributed by atoms with van der Waals surface area (Å²) >= 11 is 0. The Morgan fingerprint density at radius 1 is 1.14 bits per heavy atom. The normalized spacial score (nSPS) is 16.4. The van der Waals surface area contributed by atoms with Gasteiger partial charge >= 0.3 is 0 Å². The molecule has 1 saturated heterocycles. The molecule has 0 saturated carbocycles. The standard InChI is InChI=1S/C22H28N2O4S/c1-4-18-6-9-19(10-7-18)17(3)23-22(25)20-8-5-16(2)21(15-20)29(26,27)24-11-13-28-14-12-24/h5-10,15,17H,4,11-14H2,1-3H3,(H,23,25)/t17-/m1/s1. The molecule has 1 atom stereocenters. The van der Waals surface area contributed by atoms with Crippen molar-refractivity contribution in [1.82, 2.24) is 9.62 Å². The van der Waals surface area contributed by atoms with Gasteiger partial charge in [-0.05, 0) is 49.1 Å². The van der Waals surface area contributed by atoms with E-state index in [-0.39, 0.29) is 16.8 Å². The fourth-order valence-electron chi connectivity index (χ4n) is 3.35. The SMILES string of the molecule is CCc1ccc([C@@H](C)NC(=O)c2ccc(C)c(S(=O)(=O)N3CCOCC3)c2)cc1. The van der Waals surface area contributed by atoms with Crippen molar-refractivity contribution in [3.05, 3.63) is 64.7 Å². The van der Waals surface area contributed by atoms with Crippen molar-refractivity contribution in [3.63, 3.8) is 0 Å². The quantitative estimate of drug-likeness (QED) is 0.785. The molecule has 29 heavy (non-hydrogen) atoms. The van der Waals surface area contributed by atoms with Gasteiger partial charge < -0.3 is 10.1 Å². The van der Waals surface area contributed by atoms with Gasteiger partial charge in [0.2, 0.25) is 10.0 Å². The molecule has 0 bridgehead atoms. The molecule has 1 amide bonds. The van der Waals surface area contributed by atoms with Crippen LogP contribution in [0.25, 0.3) is 0 Å². The van der Waals surface area contributed by atoms with Gasteiger partial charge in [0.25, 0.3) is 5.91 Å². The van der Waals surface area contributed by atoms with Gasteiger partial charge in [-0.2, -0.15) is 4.31 Å². The van der Waals surface area contributed by atoms with Crippen LogP contribution < -0.4 is 5.32 Å². The predicted molar refractivity (Wildman–Crippen MR) is 112 cm³/mol. The fraction of sp³-hybridized carbons (Fsp3) is 0.409. The van der Waals surface area contributed by atoms with E-state index in [0.29, 0.717) is 37.4 Å². The minimum Gasteiger partial charge on any atom is -0.379 e. The number of carbonyl (C=O) groups is 1. The van der Waals surface area contributed by atoms with Crippen molar-refractivity contribution >= 4 is 15.9 Å². The highest BCUT2D eigenvalue weighted by Gasteiger charge is 2.28. The van der Waals surface area contributed by atoms with Crippen LogP contribution in [0.15, 0.2) is 47.4 Å². The van der Waals surface area contributed by atoms with E-state index in [2.05, 4.69) is 24.4 Å². The molecule has 0 aromatic heterocycles. The Hall–Kier alpha value is -2.22. The van der Waals surface area contributed by atoms with Gasteiger partial charge in [-0.3, -0.25) is 4.79 Å². The number of ether oxygens (including phenoxy) is 1. The largest absolute Gasteiger partial charge is 0.379 e. The Morgan fingerprint density at radius 3 is 2.41 bits per heavy atom. The molecule has 2 aromatic rings. The highest BCUT2D eigenvalue weighted by atomic mass is 32.2. The molecule has 1 aliphatic rings. The van der Waals surface area contributed by atoms with Gasteiger partial charge in [0.05, 0.1) is 24.2 Å². The smallest absolute Gasteiger partial charge is 0.251 e. The molecule has 2 aromatic carbocycles. The molecule has 1 heterocycles. The Morgan fingerprint density at radius 2 is 1.79 bits per heavy atom. The van der Waals surface area contributed by atoms with Crippen LogP contribution in [0.4, 0.5) is 0 Å². The summed E-state index contributed by atoms with van der Waals surface area (Å²) in [5.74, 6) is -0.296. The molecule has 3 rings (SSSR count).